The van der Waals surface area contributed by atoms with Gasteiger partial charge in [0.15, 0.2) is 0 Å². The van der Waals surface area contributed by atoms with E-state index in [2.05, 4.69) is 0 Å². The third-order valence-corrected chi connectivity index (χ3v) is 5.83. The molecule has 1 saturated carbocycles. The normalized spacial score (nSPS) is 17.8. The van der Waals surface area contributed by atoms with E-state index < -0.39 is 17.1 Å². The molecular formula is C23H34O4. The van der Waals surface area contributed by atoms with E-state index in [1.807, 2.05) is 58.0 Å². The first-order valence-electron chi connectivity index (χ1n) is 10.3. The molecule has 1 unspecified atom stereocenters. The molecule has 0 heterocycles. The van der Waals surface area contributed by atoms with E-state index in [1.54, 1.807) is 0 Å². The van der Waals surface area contributed by atoms with Gasteiger partial charge in [-0.05, 0) is 57.9 Å². The van der Waals surface area contributed by atoms with Gasteiger partial charge in [-0.3, -0.25) is 9.59 Å². The quantitative estimate of drug-likeness (QED) is 0.561. The summed E-state index contributed by atoms with van der Waals surface area (Å²) in [5.74, 6) is -0.533. The molecule has 0 amide bonds. The van der Waals surface area contributed by atoms with Crippen LogP contribution in [0.3, 0.4) is 0 Å². The van der Waals surface area contributed by atoms with Gasteiger partial charge in [0.05, 0.1) is 11.8 Å². The summed E-state index contributed by atoms with van der Waals surface area (Å²) in [7, 11) is 0. The minimum Gasteiger partial charge on any atom is -0.461 e. The predicted octanol–water partition coefficient (Wildman–Crippen LogP) is 5.54. The monoisotopic (exact) mass is 374 g/mol. The molecule has 2 rings (SSSR count). The lowest BCUT2D eigenvalue weighted by atomic mass is 9.79. The molecule has 0 N–H and O–H groups in total. The maximum atomic E-state index is 12.7. The maximum Gasteiger partial charge on any atom is 0.311 e. The Balaban J connectivity index is 2.05. The fourth-order valence-electron chi connectivity index (χ4n) is 3.48. The Hall–Kier alpha value is -1.84. The number of benzene rings is 1. The van der Waals surface area contributed by atoms with E-state index in [1.165, 1.54) is 6.42 Å². The number of carbonyl (C=O) groups excluding carboxylic acids is 2. The van der Waals surface area contributed by atoms with Gasteiger partial charge in [0, 0.05) is 0 Å². The molecule has 4 nitrogen and oxygen atoms in total. The molecule has 1 fully saturated rings. The number of hydrogen-bond donors (Lipinski definition) is 0. The van der Waals surface area contributed by atoms with Crippen molar-refractivity contribution >= 4 is 11.9 Å². The zero-order valence-electron chi connectivity index (χ0n) is 17.3. The number of hydrogen-bond acceptors (Lipinski definition) is 4. The summed E-state index contributed by atoms with van der Waals surface area (Å²) in [5.41, 5.74) is -0.0108. The van der Waals surface area contributed by atoms with Crippen LogP contribution in [0.1, 0.15) is 84.6 Å². The van der Waals surface area contributed by atoms with Crippen LogP contribution in [0, 0.1) is 5.41 Å². The second kappa shape index (κ2) is 9.38. The zero-order valence-corrected chi connectivity index (χ0v) is 17.3. The molecule has 27 heavy (non-hydrogen) atoms. The lowest BCUT2D eigenvalue weighted by Crippen LogP contribution is -2.37. The summed E-state index contributed by atoms with van der Waals surface area (Å²) in [6.45, 7) is 7.63. The van der Waals surface area contributed by atoms with Crippen LogP contribution >= 0.6 is 0 Å². The topological polar surface area (TPSA) is 52.6 Å². The molecule has 0 saturated heterocycles. The fraction of sp³-hybridized carbons (Fsp3) is 0.652. The van der Waals surface area contributed by atoms with Crippen molar-refractivity contribution in [1.82, 2.24) is 0 Å². The average molecular weight is 375 g/mol. The second-order valence-corrected chi connectivity index (χ2v) is 8.27. The summed E-state index contributed by atoms with van der Waals surface area (Å²) in [6, 6.07) is 10.0. The van der Waals surface area contributed by atoms with Crippen LogP contribution in [0.5, 0.6) is 0 Å². The number of esters is 2. The molecule has 1 aromatic rings. The SMILES string of the molecule is CCC(CC(=O)OC1(c2ccccc2)CCCCC1)OC(=O)C(C)(C)CC. The largest absolute Gasteiger partial charge is 0.461 e. The van der Waals surface area contributed by atoms with Crippen LogP contribution in [0.2, 0.25) is 0 Å². The molecule has 0 radical (unpaired) electrons. The maximum absolute atomic E-state index is 12.7. The third kappa shape index (κ3) is 5.57. The molecule has 0 aliphatic heterocycles. The highest BCUT2D eigenvalue weighted by Crippen LogP contribution is 2.41. The third-order valence-electron chi connectivity index (χ3n) is 5.83. The zero-order chi connectivity index (χ0) is 19.9. The Labute approximate surface area is 163 Å². The molecular weight excluding hydrogens is 340 g/mol. The predicted molar refractivity (Wildman–Crippen MR) is 106 cm³/mol. The van der Waals surface area contributed by atoms with Crippen LogP contribution in [-0.4, -0.2) is 18.0 Å². The van der Waals surface area contributed by atoms with E-state index in [-0.39, 0.29) is 18.4 Å². The van der Waals surface area contributed by atoms with E-state index in [0.29, 0.717) is 12.8 Å². The van der Waals surface area contributed by atoms with Crippen LogP contribution in [-0.2, 0) is 24.7 Å². The molecule has 0 aromatic heterocycles. The Morgan fingerprint density at radius 3 is 2.26 bits per heavy atom. The smallest absolute Gasteiger partial charge is 0.311 e. The van der Waals surface area contributed by atoms with E-state index in [4.69, 9.17) is 9.47 Å². The summed E-state index contributed by atoms with van der Waals surface area (Å²) in [6.07, 6.45) is 5.95. The van der Waals surface area contributed by atoms with Crippen LogP contribution in [0.15, 0.2) is 30.3 Å². The van der Waals surface area contributed by atoms with Crippen molar-refractivity contribution in [3.8, 4) is 0 Å². The second-order valence-electron chi connectivity index (χ2n) is 8.27. The van der Waals surface area contributed by atoms with Crippen molar-refractivity contribution in [3.63, 3.8) is 0 Å². The van der Waals surface area contributed by atoms with E-state index in [9.17, 15) is 9.59 Å². The van der Waals surface area contributed by atoms with Crippen molar-refractivity contribution < 1.29 is 19.1 Å². The van der Waals surface area contributed by atoms with Gasteiger partial charge in [0.1, 0.15) is 11.7 Å². The molecule has 1 aromatic carbocycles. The molecule has 0 bridgehead atoms. The van der Waals surface area contributed by atoms with Gasteiger partial charge >= 0.3 is 11.9 Å². The highest BCUT2D eigenvalue weighted by atomic mass is 16.6. The Bertz CT molecular complexity index is 615. The van der Waals surface area contributed by atoms with Gasteiger partial charge in [-0.1, -0.05) is 50.6 Å². The van der Waals surface area contributed by atoms with Gasteiger partial charge in [0.2, 0.25) is 0 Å². The Morgan fingerprint density at radius 2 is 1.70 bits per heavy atom. The van der Waals surface area contributed by atoms with Crippen LogP contribution < -0.4 is 0 Å². The van der Waals surface area contributed by atoms with E-state index in [0.717, 1.165) is 31.2 Å². The van der Waals surface area contributed by atoms with Gasteiger partial charge < -0.3 is 9.47 Å². The van der Waals surface area contributed by atoms with Gasteiger partial charge in [-0.25, -0.2) is 0 Å². The lowest BCUT2D eigenvalue weighted by Gasteiger charge is -2.37. The van der Waals surface area contributed by atoms with Crippen molar-refractivity contribution in [2.45, 2.75) is 90.8 Å². The van der Waals surface area contributed by atoms with Crippen molar-refractivity contribution in [2.75, 3.05) is 0 Å². The Morgan fingerprint density at radius 1 is 1.07 bits per heavy atom. The Kier molecular flexibility index (Phi) is 7.46. The lowest BCUT2D eigenvalue weighted by molar-refractivity contribution is -0.172. The van der Waals surface area contributed by atoms with Gasteiger partial charge in [-0.2, -0.15) is 0 Å². The van der Waals surface area contributed by atoms with Crippen LogP contribution in [0.25, 0.3) is 0 Å². The minimum absolute atomic E-state index is 0.108. The van der Waals surface area contributed by atoms with Crippen molar-refractivity contribution in [2.24, 2.45) is 5.41 Å². The molecule has 1 aliphatic carbocycles. The minimum atomic E-state index is -0.540. The van der Waals surface area contributed by atoms with Crippen molar-refractivity contribution in [1.29, 1.82) is 0 Å². The summed E-state index contributed by atoms with van der Waals surface area (Å²) in [5, 5.41) is 0. The van der Waals surface area contributed by atoms with E-state index >= 15 is 0 Å². The van der Waals surface area contributed by atoms with Gasteiger partial charge in [-0.15, -0.1) is 0 Å². The number of ether oxygens (including phenoxy) is 2. The number of rotatable bonds is 8. The highest BCUT2D eigenvalue weighted by molar-refractivity contribution is 5.77. The first kappa shape index (κ1) is 21.5. The first-order chi connectivity index (χ1) is 12.8. The molecule has 1 aliphatic rings. The van der Waals surface area contributed by atoms with Crippen LogP contribution in [0.4, 0.5) is 0 Å². The molecule has 1 atom stereocenters. The summed E-state index contributed by atoms with van der Waals surface area (Å²) in [4.78, 5) is 25.1. The summed E-state index contributed by atoms with van der Waals surface area (Å²) >= 11 is 0. The number of carbonyl (C=O) groups is 2. The van der Waals surface area contributed by atoms with Crippen molar-refractivity contribution in [3.05, 3.63) is 35.9 Å². The molecule has 150 valence electrons. The van der Waals surface area contributed by atoms with Gasteiger partial charge in [0.25, 0.3) is 0 Å². The summed E-state index contributed by atoms with van der Waals surface area (Å²) < 4.78 is 11.7. The molecule has 0 spiro atoms. The molecule has 4 heteroatoms. The average Bonchev–Trinajstić information content (AvgIpc) is 2.68. The standard InChI is InChI=1S/C23H34O4/c1-5-19(26-21(25)22(3,4)6-2)17-20(24)27-23(15-11-8-12-16-23)18-13-9-7-10-14-18/h7,9-10,13-14,19H,5-6,8,11-12,15-17H2,1-4H3. The first-order valence-corrected chi connectivity index (χ1v) is 10.3. The highest BCUT2D eigenvalue weighted by Gasteiger charge is 2.38. The fourth-order valence-corrected chi connectivity index (χ4v) is 3.48.